The van der Waals surface area contributed by atoms with Crippen molar-refractivity contribution in [3.8, 4) is 0 Å². The van der Waals surface area contributed by atoms with E-state index < -0.39 is 0 Å². The Labute approximate surface area is 138 Å². The van der Waals surface area contributed by atoms with Gasteiger partial charge in [-0.3, -0.25) is 9.69 Å². The molecule has 1 saturated heterocycles. The molecular formula is C17H29N3OS. The lowest BCUT2D eigenvalue weighted by molar-refractivity contribution is -0.120. The SMILES string of the molecule is CCC(CC)C(=O)Nc1nc(C)c(CN2CCC(C)CC2)s1. The van der Waals surface area contributed by atoms with E-state index >= 15 is 0 Å². The van der Waals surface area contributed by atoms with E-state index in [1.165, 1.54) is 30.8 Å². The van der Waals surface area contributed by atoms with Gasteiger partial charge >= 0.3 is 0 Å². The predicted molar refractivity (Wildman–Crippen MR) is 93.2 cm³/mol. The molecule has 0 spiro atoms. The molecule has 2 rings (SSSR count). The predicted octanol–water partition coefficient (Wildman–Crippen LogP) is 4.06. The number of aromatic nitrogens is 1. The zero-order valence-corrected chi connectivity index (χ0v) is 15.1. The van der Waals surface area contributed by atoms with Crippen molar-refractivity contribution in [1.82, 2.24) is 9.88 Å². The average Bonchev–Trinajstić information content (AvgIpc) is 2.82. The van der Waals surface area contributed by atoms with Crippen LogP contribution in [0, 0.1) is 18.8 Å². The van der Waals surface area contributed by atoms with Crippen LogP contribution < -0.4 is 5.32 Å². The van der Waals surface area contributed by atoms with Gasteiger partial charge in [0.15, 0.2) is 5.13 Å². The number of piperidine rings is 1. The van der Waals surface area contributed by atoms with Crippen LogP contribution in [0.15, 0.2) is 0 Å². The van der Waals surface area contributed by atoms with Crippen molar-refractivity contribution in [2.45, 2.75) is 59.9 Å². The van der Waals surface area contributed by atoms with Crippen LogP contribution in [0.3, 0.4) is 0 Å². The van der Waals surface area contributed by atoms with Gasteiger partial charge in [-0.15, -0.1) is 11.3 Å². The summed E-state index contributed by atoms with van der Waals surface area (Å²) in [5.41, 5.74) is 1.06. The Kier molecular flexibility index (Phi) is 6.38. The zero-order chi connectivity index (χ0) is 16.1. The molecule has 1 aliphatic rings. The Morgan fingerprint density at radius 3 is 2.59 bits per heavy atom. The molecule has 2 heterocycles. The average molecular weight is 324 g/mol. The largest absolute Gasteiger partial charge is 0.302 e. The molecule has 0 unspecified atom stereocenters. The first kappa shape index (κ1) is 17.4. The van der Waals surface area contributed by atoms with Crippen molar-refractivity contribution in [3.05, 3.63) is 10.6 Å². The van der Waals surface area contributed by atoms with E-state index in [1.54, 1.807) is 11.3 Å². The van der Waals surface area contributed by atoms with E-state index in [2.05, 4.69) is 36.0 Å². The second-order valence-electron chi connectivity index (χ2n) is 6.49. The second kappa shape index (κ2) is 8.06. The van der Waals surface area contributed by atoms with Crippen molar-refractivity contribution in [2.75, 3.05) is 18.4 Å². The second-order valence-corrected chi connectivity index (χ2v) is 7.57. The Morgan fingerprint density at radius 1 is 1.36 bits per heavy atom. The number of rotatable bonds is 6. The molecule has 1 N–H and O–H groups in total. The fraction of sp³-hybridized carbons (Fsp3) is 0.765. The van der Waals surface area contributed by atoms with Gasteiger partial charge in [0.05, 0.1) is 5.69 Å². The standard InChI is InChI=1S/C17H29N3OS/c1-5-14(6-2)16(21)19-17-18-13(4)15(22-17)11-20-9-7-12(3)8-10-20/h12,14H,5-11H2,1-4H3,(H,18,19,21). The maximum Gasteiger partial charge on any atom is 0.229 e. The lowest BCUT2D eigenvalue weighted by Crippen LogP contribution is -2.32. The van der Waals surface area contributed by atoms with Crippen molar-refractivity contribution in [1.29, 1.82) is 0 Å². The van der Waals surface area contributed by atoms with Crippen LogP contribution in [-0.2, 0) is 11.3 Å². The molecule has 0 aromatic carbocycles. The number of anilines is 1. The number of nitrogens with zero attached hydrogens (tertiary/aromatic N) is 2. The molecule has 1 aliphatic heterocycles. The zero-order valence-electron chi connectivity index (χ0n) is 14.3. The highest BCUT2D eigenvalue weighted by Gasteiger charge is 2.20. The van der Waals surface area contributed by atoms with Gasteiger partial charge in [0.2, 0.25) is 5.91 Å². The van der Waals surface area contributed by atoms with Gasteiger partial charge in [0.1, 0.15) is 0 Å². The van der Waals surface area contributed by atoms with Crippen LogP contribution in [0.5, 0.6) is 0 Å². The molecule has 1 aromatic heterocycles. The molecule has 0 saturated carbocycles. The van der Waals surface area contributed by atoms with E-state index in [4.69, 9.17) is 0 Å². The summed E-state index contributed by atoms with van der Waals surface area (Å²) in [6.07, 6.45) is 4.34. The number of carbonyl (C=O) groups is 1. The number of amides is 1. The third kappa shape index (κ3) is 4.53. The maximum atomic E-state index is 12.2. The Balaban J connectivity index is 1.94. The summed E-state index contributed by atoms with van der Waals surface area (Å²) < 4.78 is 0. The summed E-state index contributed by atoms with van der Waals surface area (Å²) in [6.45, 7) is 11.8. The quantitative estimate of drug-likeness (QED) is 0.858. The Bertz CT molecular complexity index is 488. The molecule has 22 heavy (non-hydrogen) atoms. The maximum absolute atomic E-state index is 12.2. The molecule has 1 amide bonds. The number of nitrogens with one attached hydrogen (secondary N) is 1. The lowest BCUT2D eigenvalue weighted by atomic mass is 9.99. The van der Waals surface area contributed by atoms with Crippen molar-refractivity contribution >= 4 is 22.4 Å². The van der Waals surface area contributed by atoms with E-state index in [1.807, 2.05) is 6.92 Å². The highest BCUT2D eigenvalue weighted by atomic mass is 32.1. The first-order chi connectivity index (χ1) is 10.5. The van der Waals surface area contributed by atoms with Gasteiger partial charge in [-0.2, -0.15) is 0 Å². The summed E-state index contributed by atoms with van der Waals surface area (Å²) >= 11 is 1.64. The topological polar surface area (TPSA) is 45.2 Å². The normalized spacial score (nSPS) is 17.1. The minimum atomic E-state index is 0.0937. The molecule has 4 nitrogen and oxygen atoms in total. The lowest BCUT2D eigenvalue weighted by Gasteiger charge is -2.29. The van der Waals surface area contributed by atoms with Crippen LogP contribution in [-0.4, -0.2) is 28.9 Å². The summed E-state index contributed by atoms with van der Waals surface area (Å²) in [4.78, 5) is 20.5. The summed E-state index contributed by atoms with van der Waals surface area (Å²) in [5.74, 6) is 1.06. The Morgan fingerprint density at radius 2 is 2.00 bits per heavy atom. The van der Waals surface area contributed by atoms with Gasteiger partial charge in [-0.25, -0.2) is 4.98 Å². The molecule has 0 radical (unpaired) electrons. The number of carbonyl (C=O) groups excluding carboxylic acids is 1. The number of hydrogen-bond donors (Lipinski definition) is 1. The highest BCUT2D eigenvalue weighted by Crippen LogP contribution is 2.27. The number of aryl methyl sites for hydroxylation is 1. The molecule has 124 valence electrons. The van der Waals surface area contributed by atoms with Crippen molar-refractivity contribution in [3.63, 3.8) is 0 Å². The number of thiazole rings is 1. The number of likely N-dealkylation sites (tertiary alicyclic amines) is 1. The van der Waals surface area contributed by atoms with Crippen LogP contribution in [0.2, 0.25) is 0 Å². The molecule has 1 aromatic rings. The molecular weight excluding hydrogens is 294 g/mol. The molecule has 0 bridgehead atoms. The van der Waals surface area contributed by atoms with Crippen LogP contribution in [0.4, 0.5) is 5.13 Å². The van der Waals surface area contributed by atoms with Gasteiger partial charge in [-0.05, 0) is 51.6 Å². The third-order valence-corrected chi connectivity index (χ3v) is 5.78. The molecule has 0 aliphatic carbocycles. The van der Waals surface area contributed by atoms with Crippen LogP contribution in [0.25, 0.3) is 0 Å². The smallest absolute Gasteiger partial charge is 0.229 e. The fourth-order valence-corrected chi connectivity index (χ4v) is 3.93. The van der Waals surface area contributed by atoms with Crippen molar-refractivity contribution in [2.24, 2.45) is 11.8 Å². The molecule has 0 atom stereocenters. The van der Waals surface area contributed by atoms with E-state index in [0.29, 0.717) is 0 Å². The number of hydrogen-bond acceptors (Lipinski definition) is 4. The van der Waals surface area contributed by atoms with Crippen LogP contribution in [0.1, 0.15) is 57.0 Å². The van der Waals surface area contributed by atoms with E-state index in [9.17, 15) is 4.79 Å². The summed E-state index contributed by atoms with van der Waals surface area (Å²) in [7, 11) is 0. The van der Waals surface area contributed by atoms with Crippen molar-refractivity contribution < 1.29 is 4.79 Å². The van der Waals surface area contributed by atoms with Gasteiger partial charge in [-0.1, -0.05) is 20.8 Å². The first-order valence-electron chi connectivity index (χ1n) is 8.53. The van der Waals surface area contributed by atoms with Gasteiger partial charge in [0.25, 0.3) is 0 Å². The summed E-state index contributed by atoms with van der Waals surface area (Å²) in [5, 5.41) is 3.76. The minimum Gasteiger partial charge on any atom is -0.302 e. The van der Waals surface area contributed by atoms with Gasteiger partial charge < -0.3 is 5.32 Å². The molecule has 5 heteroatoms. The summed E-state index contributed by atoms with van der Waals surface area (Å²) in [6, 6.07) is 0. The Hall–Kier alpha value is -0.940. The monoisotopic (exact) mass is 323 g/mol. The third-order valence-electron chi connectivity index (χ3n) is 4.72. The van der Waals surface area contributed by atoms with E-state index in [-0.39, 0.29) is 11.8 Å². The van der Waals surface area contributed by atoms with Gasteiger partial charge in [0, 0.05) is 17.3 Å². The van der Waals surface area contributed by atoms with Crippen LogP contribution >= 0.6 is 11.3 Å². The van der Waals surface area contributed by atoms with E-state index in [0.717, 1.165) is 36.1 Å². The first-order valence-corrected chi connectivity index (χ1v) is 9.34. The fourth-order valence-electron chi connectivity index (χ4n) is 2.92. The minimum absolute atomic E-state index is 0.0937. The highest BCUT2D eigenvalue weighted by molar-refractivity contribution is 7.15. The molecule has 1 fully saturated rings.